The van der Waals surface area contributed by atoms with Crippen molar-refractivity contribution >= 4 is 46.4 Å². The van der Waals surface area contributed by atoms with E-state index in [4.69, 9.17) is 28.6 Å². The number of benzene rings is 3. The number of nitrogens with zero attached hydrogens (tertiary/aromatic N) is 1. The number of hydrogen-bond acceptors (Lipinski definition) is 3. The van der Waals surface area contributed by atoms with E-state index in [2.05, 4.69) is 5.32 Å². The summed E-state index contributed by atoms with van der Waals surface area (Å²) in [4.78, 5) is 27.8. The lowest BCUT2D eigenvalue weighted by molar-refractivity contribution is 0.0988. The van der Waals surface area contributed by atoms with Crippen LogP contribution in [-0.4, -0.2) is 35.5 Å². The smallest absolute Gasteiger partial charge is 0.256 e. The average molecular weight is 512 g/mol. The second kappa shape index (κ2) is 11.0. The molecule has 3 aromatic rings. The summed E-state index contributed by atoms with van der Waals surface area (Å²) < 4.78 is 14.9. The Morgan fingerprint density at radius 1 is 0.886 bits per heavy atom. The van der Waals surface area contributed by atoms with Gasteiger partial charge in [-0.1, -0.05) is 35.3 Å². The number of likely N-dealkylation sites (tertiary alicyclic amines) is 1. The van der Waals surface area contributed by atoms with Crippen molar-refractivity contribution < 1.29 is 14.0 Å². The van der Waals surface area contributed by atoms with Crippen molar-refractivity contribution in [1.82, 2.24) is 4.90 Å². The molecule has 180 valence electrons. The molecule has 1 fully saturated rings. The Balaban J connectivity index is 1.52. The van der Waals surface area contributed by atoms with Gasteiger partial charge in [-0.15, -0.1) is 0 Å². The van der Waals surface area contributed by atoms with Gasteiger partial charge in [-0.25, -0.2) is 4.39 Å². The van der Waals surface area contributed by atoms with Crippen LogP contribution in [0.25, 0.3) is 0 Å². The summed E-state index contributed by atoms with van der Waals surface area (Å²) in [7, 11) is 0. The fourth-order valence-corrected chi connectivity index (χ4v) is 4.40. The summed E-state index contributed by atoms with van der Waals surface area (Å²) in [5.74, 6) is -1.33. The molecule has 0 saturated carbocycles. The van der Waals surface area contributed by atoms with Crippen LogP contribution < -0.4 is 5.32 Å². The van der Waals surface area contributed by atoms with Gasteiger partial charge in [0.05, 0.1) is 5.56 Å². The van der Waals surface area contributed by atoms with Crippen LogP contribution in [0, 0.1) is 11.2 Å². The van der Waals surface area contributed by atoms with E-state index in [1.165, 1.54) is 18.2 Å². The lowest BCUT2D eigenvalue weighted by atomic mass is 9.97. The first-order valence-corrected chi connectivity index (χ1v) is 12.1. The Morgan fingerprint density at radius 3 is 2.26 bits per heavy atom. The lowest BCUT2D eigenvalue weighted by Crippen LogP contribution is -2.35. The Bertz CT molecular complexity index is 1270. The largest absolute Gasteiger partial charge is 0.357 e. The molecule has 1 amide bonds. The van der Waals surface area contributed by atoms with Gasteiger partial charge >= 0.3 is 0 Å². The van der Waals surface area contributed by atoms with Gasteiger partial charge in [0.15, 0.2) is 5.78 Å². The summed E-state index contributed by atoms with van der Waals surface area (Å²) >= 11 is 12.0. The van der Waals surface area contributed by atoms with E-state index in [1.54, 1.807) is 42.5 Å². The van der Waals surface area contributed by atoms with Crippen LogP contribution in [0.5, 0.6) is 0 Å². The molecule has 0 bridgehead atoms. The van der Waals surface area contributed by atoms with Gasteiger partial charge in [0.2, 0.25) is 0 Å². The van der Waals surface area contributed by atoms with Gasteiger partial charge in [-0.3, -0.25) is 15.0 Å². The second-order valence-corrected chi connectivity index (χ2v) is 9.33. The van der Waals surface area contributed by atoms with E-state index in [1.807, 2.05) is 4.90 Å². The van der Waals surface area contributed by atoms with Crippen LogP contribution in [0.3, 0.4) is 0 Å². The first kappa shape index (κ1) is 24.9. The highest BCUT2D eigenvalue weighted by Gasteiger charge is 2.21. The summed E-state index contributed by atoms with van der Waals surface area (Å²) in [5.41, 5.74) is 1.55. The molecule has 2 N–H and O–H groups in total. The Hall–Kier alpha value is -3.22. The van der Waals surface area contributed by atoms with Gasteiger partial charge in [-0.05, 0) is 73.4 Å². The zero-order valence-corrected chi connectivity index (χ0v) is 20.4. The first-order chi connectivity index (χ1) is 16.8. The van der Waals surface area contributed by atoms with Crippen LogP contribution in [0.15, 0.2) is 60.7 Å². The third-order valence-electron chi connectivity index (χ3n) is 5.98. The number of amides is 1. The van der Waals surface area contributed by atoms with Crippen molar-refractivity contribution in [1.29, 1.82) is 5.41 Å². The molecule has 0 unspecified atom stereocenters. The molecule has 35 heavy (non-hydrogen) atoms. The number of ketones is 1. The SMILES string of the molecule is N=C(c1ccc(C(=O)Cc2ccc(Cl)cc2C(=O)Nc2ccc(Cl)cc2)c(F)c1)N1CCCCC1. The molecule has 0 atom stereocenters. The fourth-order valence-electron chi connectivity index (χ4n) is 4.10. The molecule has 3 aromatic carbocycles. The fraction of sp³-hybridized carbons (Fsp3) is 0.222. The number of Topliss-reactive ketones (excluding diaryl/α,β-unsaturated/α-hetero) is 1. The summed E-state index contributed by atoms with van der Waals surface area (Å²) in [6, 6.07) is 15.5. The summed E-state index contributed by atoms with van der Waals surface area (Å²) in [5, 5.41) is 12.0. The zero-order valence-electron chi connectivity index (χ0n) is 18.9. The number of anilines is 1. The molecular weight excluding hydrogens is 488 g/mol. The molecule has 8 heteroatoms. The molecule has 1 saturated heterocycles. The Kier molecular flexibility index (Phi) is 7.83. The topological polar surface area (TPSA) is 73.3 Å². The van der Waals surface area contributed by atoms with E-state index in [9.17, 15) is 14.0 Å². The van der Waals surface area contributed by atoms with Crippen molar-refractivity contribution in [2.45, 2.75) is 25.7 Å². The number of rotatable bonds is 6. The molecule has 1 aliphatic rings. The van der Waals surface area contributed by atoms with Gasteiger partial charge in [0.25, 0.3) is 5.91 Å². The number of halogens is 3. The third-order valence-corrected chi connectivity index (χ3v) is 6.47. The number of hydrogen-bond donors (Lipinski definition) is 2. The monoisotopic (exact) mass is 511 g/mol. The molecule has 0 aromatic heterocycles. The predicted molar refractivity (Wildman–Crippen MR) is 138 cm³/mol. The first-order valence-electron chi connectivity index (χ1n) is 11.3. The minimum Gasteiger partial charge on any atom is -0.357 e. The highest BCUT2D eigenvalue weighted by Crippen LogP contribution is 2.22. The highest BCUT2D eigenvalue weighted by atomic mass is 35.5. The molecule has 4 rings (SSSR count). The Morgan fingerprint density at radius 2 is 1.57 bits per heavy atom. The van der Waals surface area contributed by atoms with Gasteiger partial charge in [0, 0.05) is 46.4 Å². The maximum atomic E-state index is 14.9. The number of amidine groups is 1. The van der Waals surface area contributed by atoms with Crippen LogP contribution >= 0.6 is 23.2 Å². The van der Waals surface area contributed by atoms with Crippen LogP contribution in [-0.2, 0) is 6.42 Å². The number of carbonyl (C=O) groups is 2. The molecule has 5 nitrogen and oxygen atoms in total. The summed E-state index contributed by atoms with van der Waals surface area (Å²) in [6.07, 6.45) is 2.98. The van der Waals surface area contributed by atoms with E-state index >= 15 is 0 Å². The normalized spacial score (nSPS) is 13.4. The number of nitrogens with one attached hydrogen (secondary N) is 2. The zero-order chi connectivity index (χ0) is 24.9. The number of carbonyl (C=O) groups excluding carboxylic acids is 2. The second-order valence-electron chi connectivity index (χ2n) is 8.45. The van der Waals surface area contributed by atoms with E-state index in [-0.39, 0.29) is 23.4 Å². The van der Waals surface area contributed by atoms with Gasteiger partial charge in [0.1, 0.15) is 11.7 Å². The van der Waals surface area contributed by atoms with E-state index < -0.39 is 17.5 Å². The van der Waals surface area contributed by atoms with Crippen molar-refractivity contribution in [3.05, 3.63) is 98.8 Å². The highest BCUT2D eigenvalue weighted by molar-refractivity contribution is 6.31. The maximum Gasteiger partial charge on any atom is 0.256 e. The van der Waals surface area contributed by atoms with Crippen LogP contribution in [0.4, 0.5) is 10.1 Å². The molecule has 0 spiro atoms. The van der Waals surface area contributed by atoms with Crippen molar-refractivity contribution in [2.75, 3.05) is 18.4 Å². The lowest BCUT2D eigenvalue weighted by Gasteiger charge is -2.29. The minimum atomic E-state index is -0.685. The third kappa shape index (κ3) is 6.08. The molecular formula is C27H24Cl2FN3O2. The van der Waals surface area contributed by atoms with Crippen LogP contribution in [0.2, 0.25) is 10.0 Å². The van der Waals surface area contributed by atoms with Crippen LogP contribution in [0.1, 0.15) is 51.1 Å². The molecule has 1 heterocycles. The summed E-state index contributed by atoms with van der Waals surface area (Å²) in [6.45, 7) is 1.55. The Labute approximate surface area is 213 Å². The average Bonchev–Trinajstić information content (AvgIpc) is 2.86. The minimum absolute atomic E-state index is 0.0841. The predicted octanol–water partition coefficient (Wildman–Crippen LogP) is 6.62. The van der Waals surface area contributed by atoms with Crippen molar-refractivity contribution in [3.8, 4) is 0 Å². The molecule has 1 aliphatic heterocycles. The number of piperidine rings is 1. The quantitative estimate of drug-likeness (QED) is 0.222. The molecule has 0 aliphatic carbocycles. The van der Waals surface area contributed by atoms with Crippen molar-refractivity contribution in [3.63, 3.8) is 0 Å². The maximum absolute atomic E-state index is 14.9. The molecule has 0 radical (unpaired) electrons. The standard InChI is InChI=1S/C27H24Cl2FN3O2/c28-19-7-9-21(10-8-19)32-27(35)23-16-20(29)6-4-17(23)15-25(34)22-11-5-18(14-24(22)30)26(31)33-12-2-1-3-13-33/h4-11,14,16,31H,1-3,12-13,15H2,(H,32,35). The van der Waals surface area contributed by atoms with E-state index in [0.29, 0.717) is 26.9 Å². The van der Waals surface area contributed by atoms with E-state index in [0.717, 1.165) is 32.4 Å². The van der Waals surface area contributed by atoms with Gasteiger partial charge in [-0.2, -0.15) is 0 Å². The van der Waals surface area contributed by atoms with Crippen molar-refractivity contribution in [2.24, 2.45) is 0 Å². The van der Waals surface area contributed by atoms with Gasteiger partial charge < -0.3 is 10.2 Å².